The zero-order valence-electron chi connectivity index (χ0n) is 12.5. The van der Waals surface area contributed by atoms with Gasteiger partial charge in [0.1, 0.15) is 17.3 Å². The first-order valence-corrected chi connectivity index (χ1v) is 7.68. The van der Waals surface area contributed by atoms with Crippen molar-refractivity contribution >= 4 is 23.1 Å². The summed E-state index contributed by atoms with van der Waals surface area (Å²) >= 11 is 4.90. The van der Waals surface area contributed by atoms with Crippen LogP contribution in [0, 0.1) is 11.8 Å². The third kappa shape index (κ3) is 4.17. The van der Waals surface area contributed by atoms with E-state index in [1.54, 1.807) is 0 Å². The van der Waals surface area contributed by atoms with Gasteiger partial charge in [0.15, 0.2) is 0 Å². The Kier molecular flexibility index (Phi) is 5.17. The van der Waals surface area contributed by atoms with E-state index in [2.05, 4.69) is 13.8 Å². The summed E-state index contributed by atoms with van der Waals surface area (Å²) in [6, 6.07) is 7.37. The molecule has 21 heavy (non-hydrogen) atoms. The van der Waals surface area contributed by atoms with Gasteiger partial charge in [0.2, 0.25) is 5.91 Å². The quantitative estimate of drug-likeness (QED) is 0.819. The molecule has 114 valence electrons. The third-order valence-electron chi connectivity index (χ3n) is 3.96. The maximum absolute atomic E-state index is 11.9. The largest absolute Gasteiger partial charge is 0.492 e. The molecule has 4 nitrogen and oxygen atoms in total. The summed E-state index contributed by atoms with van der Waals surface area (Å²) in [5.41, 5.74) is 6.37. The number of hydrogen-bond donors (Lipinski definition) is 1. The zero-order valence-corrected chi connectivity index (χ0v) is 13.4. The molecule has 1 unspecified atom stereocenters. The van der Waals surface area contributed by atoms with Gasteiger partial charge in [0, 0.05) is 18.5 Å². The molecule has 0 saturated carbocycles. The van der Waals surface area contributed by atoms with Crippen molar-refractivity contribution in [1.82, 2.24) is 4.90 Å². The van der Waals surface area contributed by atoms with Crippen molar-refractivity contribution in [2.45, 2.75) is 20.3 Å². The molecule has 1 heterocycles. The van der Waals surface area contributed by atoms with Crippen LogP contribution in [-0.2, 0) is 4.79 Å². The molecule has 0 aliphatic carbocycles. The molecule has 0 spiro atoms. The first kappa shape index (κ1) is 15.8. The maximum Gasteiger partial charge on any atom is 0.223 e. The van der Waals surface area contributed by atoms with E-state index in [0.29, 0.717) is 36.4 Å². The van der Waals surface area contributed by atoms with Crippen molar-refractivity contribution in [1.29, 1.82) is 0 Å². The number of rotatable bonds is 6. The Hall–Kier alpha value is -1.62. The number of nitrogens with zero attached hydrogens (tertiary/aromatic N) is 1. The van der Waals surface area contributed by atoms with E-state index in [4.69, 9.17) is 22.7 Å². The van der Waals surface area contributed by atoms with Crippen LogP contribution in [0.2, 0.25) is 0 Å². The molecule has 1 atom stereocenters. The molecule has 0 bridgehead atoms. The summed E-state index contributed by atoms with van der Waals surface area (Å²) in [4.78, 5) is 14.2. The Morgan fingerprint density at radius 2 is 2.10 bits per heavy atom. The van der Waals surface area contributed by atoms with E-state index < -0.39 is 0 Å². The third-order valence-corrected chi connectivity index (χ3v) is 4.19. The lowest BCUT2D eigenvalue weighted by molar-refractivity contribution is -0.128. The molecule has 0 aromatic heterocycles. The van der Waals surface area contributed by atoms with Crippen LogP contribution in [0.4, 0.5) is 0 Å². The summed E-state index contributed by atoms with van der Waals surface area (Å²) in [5.74, 6) is 2.03. The van der Waals surface area contributed by atoms with Crippen LogP contribution in [0.3, 0.4) is 0 Å². The maximum atomic E-state index is 11.9. The van der Waals surface area contributed by atoms with Crippen LogP contribution in [-0.4, -0.2) is 35.5 Å². The summed E-state index contributed by atoms with van der Waals surface area (Å²) in [5, 5.41) is 0. The summed E-state index contributed by atoms with van der Waals surface area (Å²) in [6.07, 6.45) is 0.667. The number of hydrogen-bond acceptors (Lipinski definition) is 3. The molecule has 5 heteroatoms. The number of likely N-dealkylation sites (tertiary alicyclic amines) is 1. The van der Waals surface area contributed by atoms with E-state index in [1.807, 2.05) is 29.2 Å². The number of ether oxygens (including phenoxy) is 1. The Labute approximate surface area is 131 Å². The topological polar surface area (TPSA) is 55.6 Å². The van der Waals surface area contributed by atoms with Gasteiger partial charge in [-0.3, -0.25) is 4.79 Å². The molecule has 2 rings (SSSR count). The molecule has 1 saturated heterocycles. The SMILES string of the molecule is CC(C)C1CC(=O)N(CCOc2ccc(C(N)=S)cc2)C1. The number of carbonyl (C=O) groups excluding carboxylic acids is 1. The second-order valence-corrected chi connectivity index (χ2v) is 6.22. The van der Waals surface area contributed by atoms with Gasteiger partial charge < -0.3 is 15.4 Å². The van der Waals surface area contributed by atoms with Crippen LogP contribution in [0.15, 0.2) is 24.3 Å². The minimum Gasteiger partial charge on any atom is -0.492 e. The molecule has 1 aromatic rings. The standard InChI is InChI=1S/C16H22N2O2S/c1-11(2)13-9-15(19)18(10-13)7-8-20-14-5-3-12(4-6-14)16(17)21/h3-6,11,13H,7-10H2,1-2H3,(H2,17,21). The van der Waals surface area contributed by atoms with Gasteiger partial charge in [0.05, 0.1) is 6.54 Å². The average molecular weight is 306 g/mol. The minimum atomic E-state index is 0.237. The first-order chi connectivity index (χ1) is 9.97. The van der Waals surface area contributed by atoms with Crippen LogP contribution in [0.25, 0.3) is 0 Å². The fourth-order valence-electron chi connectivity index (χ4n) is 2.45. The van der Waals surface area contributed by atoms with E-state index in [1.165, 1.54) is 0 Å². The number of carbonyl (C=O) groups is 1. The average Bonchev–Trinajstić information content (AvgIpc) is 2.81. The molecule has 1 aliphatic heterocycles. The van der Waals surface area contributed by atoms with Crippen molar-refractivity contribution < 1.29 is 9.53 Å². The van der Waals surface area contributed by atoms with Crippen molar-refractivity contribution in [3.8, 4) is 5.75 Å². The molecule has 1 aliphatic rings. The lowest BCUT2D eigenvalue weighted by Gasteiger charge is -2.18. The van der Waals surface area contributed by atoms with Gasteiger partial charge in [0.25, 0.3) is 0 Å². The zero-order chi connectivity index (χ0) is 15.4. The second kappa shape index (κ2) is 6.89. The van der Waals surface area contributed by atoms with Crippen LogP contribution < -0.4 is 10.5 Å². The summed E-state index contributed by atoms with van der Waals surface area (Å²) in [6.45, 7) is 6.32. The highest BCUT2D eigenvalue weighted by Crippen LogP contribution is 2.24. The highest BCUT2D eigenvalue weighted by Gasteiger charge is 2.30. The smallest absolute Gasteiger partial charge is 0.223 e. The van der Waals surface area contributed by atoms with Gasteiger partial charge in [-0.05, 0) is 36.1 Å². The van der Waals surface area contributed by atoms with Crippen LogP contribution in [0.1, 0.15) is 25.8 Å². The van der Waals surface area contributed by atoms with Crippen molar-refractivity contribution in [2.24, 2.45) is 17.6 Å². The van der Waals surface area contributed by atoms with Gasteiger partial charge in [-0.25, -0.2) is 0 Å². The lowest BCUT2D eigenvalue weighted by atomic mass is 9.95. The molecule has 1 aromatic carbocycles. The van der Waals surface area contributed by atoms with E-state index in [-0.39, 0.29) is 5.91 Å². The highest BCUT2D eigenvalue weighted by molar-refractivity contribution is 7.80. The monoisotopic (exact) mass is 306 g/mol. The normalized spacial score (nSPS) is 18.3. The van der Waals surface area contributed by atoms with Crippen molar-refractivity contribution in [2.75, 3.05) is 19.7 Å². The number of thiocarbonyl (C=S) groups is 1. The van der Waals surface area contributed by atoms with Crippen molar-refractivity contribution in [3.63, 3.8) is 0 Å². The number of benzene rings is 1. The van der Waals surface area contributed by atoms with Gasteiger partial charge in [-0.2, -0.15) is 0 Å². The molecular formula is C16H22N2O2S. The molecular weight excluding hydrogens is 284 g/mol. The molecule has 2 N–H and O–H groups in total. The van der Waals surface area contributed by atoms with E-state index in [9.17, 15) is 4.79 Å². The predicted molar refractivity (Wildman–Crippen MR) is 87.3 cm³/mol. The van der Waals surface area contributed by atoms with Crippen LogP contribution >= 0.6 is 12.2 Å². The number of nitrogens with two attached hydrogens (primary N) is 1. The fourth-order valence-corrected chi connectivity index (χ4v) is 2.59. The second-order valence-electron chi connectivity index (χ2n) is 5.79. The molecule has 1 amide bonds. The van der Waals surface area contributed by atoms with Gasteiger partial charge >= 0.3 is 0 Å². The summed E-state index contributed by atoms with van der Waals surface area (Å²) < 4.78 is 5.67. The minimum absolute atomic E-state index is 0.237. The van der Waals surface area contributed by atoms with E-state index in [0.717, 1.165) is 17.9 Å². The van der Waals surface area contributed by atoms with E-state index >= 15 is 0 Å². The first-order valence-electron chi connectivity index (χ1n) is 7.28. The van der Waals surface area contributed by atoms with Crippen LogP contribution in [0.5, 0.6) is 5.75 Å². The highest BCUT2D eigenvalue weighted by atomic mass is 32.1. The van der Waals surface area contributed by atoms with Gasteiger partial charge in [-0.1, -0.05) is 26.1 Å². The van der Waals surface area contributed by atoms with Gasteiger partial charge in [-0.15, -0.1) is 0 Å². The lowest BCUT2D eigenvalue weighted by Crippen LogP contribution is -2.30. The predicted octanol–water partition coefficient (Wildman–Crippen LogP) is 2.20. The fraction of sp³-hybridized carbons (Fsp3) is 0.500. The molecule has 0 radical (unpaired) electrons. The Balaban J connectivity index is 1.79. The molecule has 1 fully saturated rings. The van der Waals surface area contributed by atoms with Crippen molar-refractivity contribution in [3.05, 3.63) is 29.8 Å². The Morgan fingerprint density at radius 1 is 1.43 bits per heavy atom. The Morgan fingerprint density at radius 3 is 2.62 bits per heavy atom. The Bertz CT molecular complexity index is 514. The number of amides is 1. The summed E-state index contributed by atoms with van der Waals surface area (Å²) in [7, 11) is 0.